The minimum absolute atomic E-state index is 0.143. The summed E-state index contributed by atoms with van der Waals surface area (Å²) in [5.74, 6) is 1.26. The van der Waals surface area contributed by atoms with Crippen LogP contribution in [0.5, 0.6) is 0 Å². The number of nitrogens with zero attached hydrogens (tertiary/aromatic N) is 2. The molecule has 2 rings (SSSR count). The highest BCUT2D eigenvalue weighted by Crippen LogP contribution is 2.17. The van der Waals surface area contributed by atoms with Gasteiger partial charge < -0.3 is 10.3 Å². The first-order chi connectivity index (χ1) is 9.60. The van der Waals surface area contributed by atoms with Gasteiger partial charge in [-0.3, -0.25) is 0 Å². The zero-order chi connectivity index (χ0) is 14.5. The van der Waals surface area contributed by atoms with E-state index in [0.717, 1.165) is 19.3 Å². The summed E-state index contributed by atoms with van der Waals surface area (Å²) in [4.78, 5) is 4.41. The van der Waals surface area contributed by atoms with Crippen molar-refractivity contribution in [1.82, 2.24) is 10.1 Å². The van der Waals surface area contributed by atoms with Crippen LogP contribution in [0.15, 0.2) is 22.7 Å². The SMILES string of the molecule is CCCC[C@H](N)c1nc(Cc2ccc(C)c(C)c2)no1. The lowest BCUT2D eigenvalue weighted by Gasteiger charge is -2.04. The van der Waals surface area contributed by atoms with Gasteiger partial charge >= 0.3 is 0 Å². The molecule has 1 aromatic carbocycles. The van der Waals surface area contributed by atoms with E-state index in [1.807, 2.05) is 0 Å². The number of unbranched alkanes of at least 4 members (excludes halogenated alkanes) is 1. The van der Waals surface area contributed by atoms with Crippen LogP contribution in [0.3, 0.4) is 0 Å². The molecule has 108 valence electrons. The Bertz CT molecular complexity index is 563. The Labute approximate surface area is 120 Å². The molecule has 0 amide bonds. The minimum atomic E-state index is -0.143. The van der Waals surface area contributed by atoms with Crippen LogP contribution in [0.4, 0.5) is 0 Å². The Balaban J connectivity index is 2.03. The molecule has 0 saturated carbocycles. The van der Waals surface area contributed by atoms with Gasteiger partial charge in [0.05, 0.1) is 6.04 Å². The first-order valence-corrected chi connectivity index (χ1v) is 7.24. The van der Waals surface area contributed by atoms with Gasteiger partial charge in [-0.1, -0.05) is 43.1 Å². The maximum Gasteiger partial charge on any atom is 0.243 e. The Morgan fingerprint density at radius 3 is 2.75 bits per heavy atom. The summed E-state index contributed by atoms with van der Waals surface area (Å²) in [6.45, 7) is 6.37. The third-order valence-electron chi connectivity index (χ3n) is 3.60. The lowest BCUT2D eigenvalue weighted by Crippen LogP contribution is -2.10. The smallest absolute Gasteiger partial charge is 0.243 e. The van der Waals surface area contributed by atoms with Gasteiger partial charge in [0.2, 0.25) is 5.89 Å². The predicted octanol–water partition coefficient (Wildman–Crippen LogP) is 3.47. The number of aryl methyl sites for hydroxylation is 2. The molecule has 0 bridgehead atoms. The van der Waals surface area contributed by atoms with Crippen molar-refractivity contribution >= 4 is 0 Å². The second kappa shape index (κ2) is 6.66. The molecule has 0 radical (unpaired) electrons. The Kier molecular flexibility index (Phi) is 4.90. The summed E-state index contributed by atoms with van der Waals surface area (Å²) in [6.07, 6.45) is 3.78. The third kappa shape index (κ3) is 3.67. The standard InChI is InChI=1S/C16H23N3O/c1-4-5-6-14(17)16-18-15(19-20-16)10-13-8-7-11(2)12(3)9-13/h7-9,14H,4-6,10,17H2,1-3H3/t14-/m0/s1. The number of nitrogens with two attached hydrogens (primary N) is 1. The van der Waals surface area contributed by atoms with E-state index >= 15 is 0 Å². The molecule has 0 saturated heterocycles. The molecule has 2 N–H and O–H groups in total. The van der Waals surface area contributed by atoms with Gasteiger partial charge in [-0.25, -0.2) is 0 Å². The molecule has 1 heterocycles. The highest BCUT2D eigenvalue weighted by molar-refractivity contribution is 5.31. The quantitative estimate of drug-likeness (QED) is 0.875. The van der Waals surface area contributed by atoms with Crippen LogP contribution in [0, 0.1) is 13.8 Å². The fourth-order valence-corrected chi connectivity index (χ4v) is 2.13. The average molecular weight is 273 g/mol. The van der Waals surface area contributed by atoms with E-state index in [2.05, 4.69) is 49.1 Å². The maximum atomic E-state index is 6.04. The molecular formula is C16H23N3O. The van der Waals surface area contributed by atoms with Crippen molar-refractivity contribution in [3.63, 3.8) is 0 Å². The molecule has 0 unspecified atom stereocenters. The molecule has 1 aromatic heterocycles. The lowest BCUT2D eigenvalue weighted by molar-refractivity contribution is 0.343. The number of rotatable bonds is 6. The fraction of sp³-hybridized carbons (Fsp3) is 0.500. The molecular weight excluding hydrogens is 250 g/mol. The van der Waals surface area contributed by atoms with Crippen molar-refractivity contribution in [2.45, 2.75) is 52.5 Å². The molecule has 4 nitrogen and oxygen atoms in total. The van der Waals surface area contributed by atoms with E-state index in [1.165, 1.54) is 16.7 Å². The summed E-state index contributed by atoms with van der Waals surface area (Å²) in [6, 6.07) is 6.26. The second-order valence-corrected chi connectivity index (χ2v) is 5.39. The predicted molar refractivity (Wildman–Crippen MR) is 79.5 cm³/mol. The van der Waals surface area contributed by atoms with Crippen molar-refractivity contribution < 1.29 is 4.52 Å². The Hall–Kier alpha value is -1.68. The zero-order valence-electron chi connectivity index (χ0n) is 12.5. The summed E-state index contributed by atoms with van der Waals surface area (Å²) in [5, 5.41) is 4.03. The lowest BCUT2D eigenvalue weighted by atomic mass is 10.0. The van der Waals surface area contributed by atoms with Crippen LogP contribution < -0.4 is 5.73 Å². The van der Waals surface area contributed by atoms with Gasteiger partial charge in [0.15, 0.2) is 5.82 Å². The summed E-state index contributed by atoms with van der Waals surface area (Å²) in [7, 11) is 0. The van der Waals surface area contributed by atoms with Crippen molar-refractivity contribution in [3.05, 3.63) is 46.6 Å². The second-order valence-electron chi connectivity index (χ2n) is 5.39. The first-order valence-electron chi connectivity index (χ1n) is 7.24. The van der Waals surface area contributed by atoms with Gasteiger partial charge in [0.1, 0.15) is 0 Å². The molecule has 1 atom stereocenters. The third-order valence-corrected chi connectivity index (χ3v) is 3.60. The van der Waals surface area contributed by atoms with Crippen LogP contribution in [-0.2, 0) is 6.42 Å². The van der Waals surface area contributed by atoms with Gasteiger partial charge in [-0.15, -0.1) is 0 Å². The van der Waals surface area contributed by atoms with Gasteiger partial charge in [0, 0.05) is 6.42 Å². The Morgan fingerprint density at radius 1 is 1.25 bits per heavy atom. The molecule has 2 aromatic rings. The highest BCUT2D eigenvalue weighted by atomic mass is 16.5. The summed E-state index contributed by atoms with van der Waals surface area (Å²) >= 11 is 0. The molecule has 0 spiro atoms. The molecule has 20 heavy (non-hydrogen) atoms. The highest BCUT2D eigenvalue weighted by Gasteiger charge is 2.14. The summed E-state index contributed by atoms with van der Waals surface area (Å²) < 4.78 is 5.26. The van der Waals surface area contributed by atoms with Gasteiger partial charge in [-0.05, 0) is 37.0 Å². The molecule has 4 heteroatoms. The van der Waals surface area contributed by atoms with E-state index in [0.29, 0.717) is 18.1 Å². The maximum absolute atomic E-state index is 6.04. The molecule has 0 aliphatic carbocycles. The monoisotopic (exact) mass is 273 g/mol. The van der Waals surface area contributed by atoms with E-state index in [4.69, 9.17) is 10.3 Å². The molecule has 0 fully saturated rings. The van der Waals surface area contributed by atoms with Crippen molar-refractivity contribution in [2.24, 2.45) is 5.73 Å². The van der Waals surface area contributed by atoms with Crippen LogP contribution in [0.25, 0.3) is 0 Å². The van der Waals surface area contributed by atoms with Crippen LogP contribution in [0.1, 0.15) is 60.6 Å². The van der Waals surface area contributed by atoms with Crippen LogP contribution in [0.2, 0.25) is 0 Å². The van der Waals surface area contributed by atoms with Crippen molar-refractivity contribution in [3.8, 4) is 0 Å². The van der Waals surface area contributed by atoms with Crippen molar-refractivity contribution in [1.29, 1.82) is 0 Å². The van der Waals surface area contributed by atoms with E-state index in [9.17, 15) is 0 Å². The fourth-order valence-electron chi connectivity index (χ4n) is 2.13. The minimum Gasteiger partial charge on any atom is -0.338 e. The normalized spacial score (nSPS) is 12.6. The van der Waals surface area contributed by atoms with Crippen LogP contribution >= 0.6 is 0 Å². The molecule has 0 aliphatic rings. The molecule has 0 aliphatic heterocycles. The van der Waals surface area contributed by atoms with Gasteiger partial charge in [0.25, 0.3) is 0 Å². The van der Waals surface area contributed by atoms with E-state index in [-0.39, 0.29) is 6.04 Å². The van der Waals surface area contributed by atoms with Crippen LogP contribution in [-0.4, -0.2) is 10.1 Å². The van der Waals surface area contributed by atoms with E-state index < -0.39 is 0 Å². The average Bonchev–Trinajstić information content (AvgIpc) is 2.89. The van der Waals surface area contributed by atoms with Gasteiger partial charge in [-0.2, -0.15) is 4.98 Å². The largest absolute Gasteiger partial charge is 0.338 e. The number of hydrogen-bond donors (Lipinski definition) is 1. The topological polar surface area (TPSA) is 64.9 Å². The zero-order valence-corrected chi connectivity index (χ0v) is 12.5. The van der Waals surface area contributed by atoms with E-state index in [1.54, 1.807) is 0 Å². The number of benzene rings is 1. The first kappa shape index (κ1) is 14.7. The number of aromatic nitrogens is 2. The Morgan fingerprint density at radius 2 is 2.05 bits per heavy atom. The summed E-state index contributed by atoms with van der Waals surface area (Å²) in [5.41, 5.74) is 9.81. The number of hydrogen-bond acceptors (Lipinski definition) is 4. The van der Waals surface area contributed by atoms with Crippen molar-refractivity contribution in [2.75, 3.05) is 0 Å².